The van der Waals surface area contributed by atoms with Gasteiger partial charge < -0.3 is 9.47 Å². The maximum absolute atomic E-state index is 10.4. The van der Waals surface area contributed by atoms with Crippen LogP contribution in [-0.2, 0) is 19.1 Å². The fourth-order valence-electron chi connectivity index (χ4n) is 1.02. The minimum Gasteiger partial charge on any atom is -0.462 e. The summed E-state index contributed by atoms with van der Waals surface area (Å²) in [5.74, 6) is -0.543. The van der Waals surface area contributed by atoms with Crippen LogP contribution in [0.1, 0.15) is 26.7 Å². The Morgan fingerprint density at radius 3 is 1.89 bits per heavy atom. The first kappa shape index (κ1) is 16.2. The Hall–Kier alpha value is -1.84. The van der Waals surface area contributed by atoms with E-state index in [2.05, 4.69) is 0 Å². The number of allylic oxidation sites excluding steroid dienone is 4. The number of hydrogen-bond donors (Lipinski definition) is 0. The summed E-state index contributed by atoms with van der Waals surface area (Å²) in [5, 5.41) is 0. The molecule has 0 bridgehead atoms. The van der Waals surface area contributed by atoms with Gasteiger partial charge >= 0.3 is 11.9 Å². The highest BCUT2D eigenvalue weighted by atomic mass is 16.5. The molecule has 0 aromatic heterocycles. The number of unbranched alkanes of at least 4 members (excludes halogenated alkanes) is 1. The molecule has 0 N–H and O–H groups in total. The summed E-state index contributed by atoms with van der Waals surface area (Å²) in [6.45, 7) is 3.41. The zero-order chi connectivity index (χ0) is 13.6. The van der Waals surface area contributed by atoms with E-state index in [9.17, 15) is 9.59 Å². The summed E-state index contributed by atoms with van der Waals surface area (Å²) in [6.07, 6.45) is 13.1. The van der Waals surface area contributed by atoms with E-state index in [1.165, 1.54) is 13.8 Å². The molecule has 4 heteroatoms. The van der Waals surface area contributed by atoms with Crippen LogP contribution < -0.4 is 0 Å². The van der Waals surface area contributed by atoms with Gasteiger partial charge in [-0.15, -0.1) is 0 Å². The Morgan fingerprint density at radius 2 is 1.28 bits per heavy atom. The first-order valence-corrected chi connectivity index (χ1v) is 5.86. The second-order valence-corrected chi connectivity index (χ2v) is 3.51. The predicted octanol–water partition coefficient (Wildman–Crippen LogP) is 2.56. The highest BCUT2D eigenvalue weighted by molar-refractivity contribution is 5.66. The highest BCUT2D eigenvalue weighted by Crippen LogP contribution is 1.94. The van der Waals surface area contributed by atoms with Gasteiger partial charge in [-0.1, -0.05) is 30.4 Å². The maximum atomic E-state index is 10.4. The summed E-state index contributed by atoms with van der Waals surface area (Å²) >= 11 is 0. The van der Waals surface area contributed by atoms with Crippen molar-refractivity contribution < 1.29 is 19.1 Å². The Morgan fingerprint density at radius 1 is 0.778 bits per heavy atom. The van der Waals surface area contributed by atoms with E-state index in [4.69, 9.17) is 9.47 Å². The van der Waals surface area contributed by atoms with E-state index in [0.29, 0.717) is 13.2 Å². The molecular weight excluding hydrogens is 232 g/mol. The van der Waals surface area contributed by atoms with Crippen molar-refractivity contribution in [3.05, 3.63) is 36.5 Å². The third-order valence-electron chi connectivity index (χ3n) is 1.82. The average Bonchev–Trinajstić information content (AvgIpc) is 2.29. The van der Waals surface area contributed by atoms with Crippen LogP contribution in [-0.4, -0.2) is 25.2 Å². The number of rotatable bonds is 8. The number of carbonyl (C=O) groups excluding carboxylic acids is 2. The van der Waals surface area contributed by atoms with Crippen molar-refractivity contribution in [3.63, 3.8) is 0 Å². The van der Waals surface area contributed by atoms with Gasteiger partial charge in [0, 0.05) is 13.8 Å². The van der Waals surface area contributed by atoms with E-state index in [1.54, 1.807) is 6.08 Å². The highest BCUT2D eigenvalue weighted by Gasteiger charge is 1.86. The van der Waals surface area contributed by atoms with Crippen molar-refractivity contribution in [2.45, 2.75) is 26.7 Å². The van der Waals surface area contributed by atoms with E-state index in [0.717, 1.165) is 12.8 Å². The fraction of sp³-hybridized carbons (Fsp3) is 0.429. The largest absolute Gasteiger partial charge is 0.462 e. The summed E-state index contributed by atoms with van der Waals surface area (Å²) in [4.78, 5) is 20.9. The number of ether oxygens (including phenoxy) is 2. The molecule has 0 saturated heterocycles. The Balaban J connectivity index is 3.42. The van der Waals surface area contributed by atoms with Gasteiger partial charge in [-0.25, -0.2) is 0 Å². The van der Waals surface area contributed by atoms with Crippen LogP contribution in [0.2, 0.25) is 0 Å². The van der Waals surface area contributed by atoms with Gasteiger partial charge in [0.05, 0.1) is 0 Å². The van der Waals surface area contributed by atoms with Crippen molar-refractivity contribution in [2.24, 2.45) is 0 Å². The lowest BCUT2D eigenvalue weighted by Crippen LogP contribution is -1.97. The molecule has 0 aliphatic carbocycles. The molecule has 0 amide bonds. The molecule has 0 atom stereocenters. The smallest absolute Gasteiger partial charge is 0.302 e. The first-order chi connectivity index (χ1) is 8.63. The quantitative estimate of drug-likeness (QED) is 0.288. The molecule has 0 aliphatic heterocycles. The number of esters is 2. The summed E-state index contributed by atoms with van der Waals surface area (Å²) in [7, 11) is 0. The van der Waals surface area contributed by atoms with Crippen LogP contribution in [0.3, 0.4) is 0 Å². The molecule has 4 nitrogen and oxygen atoms in total. The van der Waals surface area contributed by atoms with Crippen LogP contribution in [0, 0.1) is 0 Å². The SMILES string of the molecule is CC(=O)OC/C=C\C=C\CC/C=C/COC(C)=O. The normalized spacial score (nSPS) is 11.4. The monoisotopic (exact) mass is 252 g/mol. The van der Waals surface area contributed by atoms with E-state index in [-0.39, 0.29) is 11.9 Å². The molecule has 0 aromatic carbocycles. The third-order valence-corrected chi connectivity index (χ3v) is 1.82. The zero-order valence-corrected chi connectivity index (χ0v) is 10.9. The van der Waals surface area contributed by atoms with Crippen LogP contribution in [0.4, 0.5) is 0 Å². The van der Waals surface area contributed by atoms with Crippen LogP contribution in [0.15, 0.2) is 36.5 Å². The van der Waals surface area contributed by atoms with Gasteiger partial charge in [0.2, 0.25) is 0 Å². The molecule has 0 radical (unpaired) electrons. The van der Waals surface area contributed by atoms with Crippen LogP contribution >= 0.6 is 0 Å². The molecule has 0 heterocycles. The average molecular weight is 252 g/mol. The van der Waals surface area contributed by atoms with E-state index >= 15 is 0 Å². The maximum Gasteiger partial charge on any atom is 0.302 e. The number of carbonyl (C=O) groups is 2. The first-order valence-electron chi connectivity index (χ1n) is 5.86. The van der Waals surface area contributed by atoms with E-state index in [1.807, 2.05) is 30.4 Å². The zero-order valence-electron chi connectivity index (χ0n) is 10.9. The predicted molar refractivity (Wildman–Crippen MR) is 69.9 cm³/mol. The minimum absolute atomic E-state index is 0.266. The van der Waals surface area contributed by atoms with E-state index < -0.39 is 0 Å². The standard InChI is InChI=1S/C14H20O4/c1-13(15)17-11-9-7-5-3-4-6-8-10-12-18-14(2)16/h3,5,7-10H,4,6,11-12H2,1-2H3/b5-3+,9-7-,10-8+. The molecule has 0 aromatic rings. The summed E-state index contributed by atoms with van der Waals surface area (Å²) < 4.78 is 9.46. The van der Waals surface area contributed by atoms with Gasteiger partial charge in [-0.05, 0) is 18.9 Å². The van der Waals surface area contributed by atoms with Crippen molar-refractivity contribution in [1.82, 2.24) is 0 Å². The Kier molecular flexibility index (Phi) is 10.4. The van der Waals surface area contributed by atoms with Crippen LogP contribution in [0.25, 0.3) is 0 Å². The van der Waals surface area contributed by atoms with Gasteiger partial charge in [0.25, 0.3) is 0 Å². The molecule has 0 fully saturated rings. The molecule has 100 valence electrons. The summed E-state index contributed by atoms with van der Waals surface area (Å²) in [6, 6.07) is 0. The number of hydrogen-bond acceptors (Lipinski definition) is 4. The molecule has 18 heavy (non-hydrogen) atoms. The summed E-state index contributed by atoms with van der Waals surface area (Å²) in [5.41, 5.74) is 0. The van der Waals surface area contributed by atoms with Gasteiger partial charge in [0.1, 0.15) is 13.2 Å². The second kappa shape index (κ2) is 11.6. The van der Waals surface area contributed by atoms with Gasteiger partial charge in [-0.2, -0.15) is 0 Å². The van der Waals surface area contributed by atoms with Crippen LogP contribution in [0.5, 0.6) is 0 Å². The van der Waals surface area contributed by atoms with Gasteiger partial charge in [0.15, 0.2) is 0 Å². The van der Waals surface area contributed by atoms with Crippen molar-refractivity contribution in [1.29, 1.82) is 0 Å². The lowest BCUT2D eigenvalue weighted by molar-refractivity contribution is -0.140. The molecule has 0 aliphatic rings. The topological polar surface area (TPSA) is 52.6 Å². The lowest BCUT2D eigenvalue weighted by atomic mass is 10.2. The molecular formula is C14H20O4. The van der Waals surface area contributed by atoms with Crippen molar-refractivity contribution >= 4 is 11.9 Å². The molecule has 0 unspecified atom stereocenters. The molecule has 0 rings (SSSR count). The lowest BCUT2D eigenvalue weighted by Gasteiger charge is -1.94. The minimum atomic E-state index is -0.276. The Labute approximate surface area is 108 Å². The van der Waals surface area contributed by atoms with Gasteiger partial charge in [-0.3, -0.25) is 9.59 Å². The second-order valence-electron chi connectivity index (χ2n) is 3.51. The molecule has 0 spiro atoms. The fourth-order valence-corrected chi connectivity index (χ4v) is 1.02. The van der Waals surface area contributed by atoms with Crippen molar-refractivity contribution in [2.75, 3.05) is 13.2 Å². The molecule has 0 saturated carbocycles. The third kappa shape index (κ3) is 14.2. The Bertz CT molecular complexity index is 327. The van der Waals surface area contributed by atoms with Crippen molar-refractivity contribution in [3.8, 4) is 0 Å².